The van der Waals surface area contributed by atoms with Crippen LogP contribution in [0.2, 0.25) is 0 Å². The first-order valence-electron chi connectivity index (χ1n) is 7.44. The smallest absolute Gasteiger partial charge is 0.142 e. The zero-order valence-corrected chi connectivity index (χ0v) is 14.6. The van der Waals surface area contributed by atoms with Crippen LogP contribution < -0.4 is 5.32 Å². The lowest BCUT2D eigenvalue weighted by Crippen LogP contribution is -2.35. The molecule has 2 aromatic rings. The Morgan fingerprint density at radius 2 is 2.00 bits per heavy atom. The third kappa shape index (κ3) is 4.11. The van der Waals surface area contributed by atoms with Crippen LogP contribution in [0.4, 0.5) is 0 Å². The van der Waals surface area contributed by atoms with Gasteiger partial charge in [0.05, 0.1) is 5.69 Å². The van der Waals surface area contributed by atoms with Gasteiger partial charge in [0.15, 0.2) is 0 Å². The SMILES string of the molecule is Cc1cccnc1-c1nc(C(C)C)c(CNC(C)(C)C)s1. The second-order valence-electron chi connectivity index (χ2n) is 6.75. The molecule has 3 nitrogen and oxygen atoms in total. The predicted molar refractivity (Wildman–Crippen MR) is 90.8 cm³/mol. The lowest BCUT2D eigenvalue weighted by molar-refractivity contribution is 0.425. The Hall–Kier alpha value is -1.26. The van der Waals surface area contributed by atoms with Crippen LogP contribution >= 0.6 is 11.3 Å². The van der Waals surface area contributed by atoms with E-state index in [0.717, 1.165) is 17.2 Å². The van der Waals surface area contributed by atoms with Crippen LogP contribution in [0.15, 0.2) is 18.3 Å². The number of hydrogen-bond acceptors (Lipinski definition) is 4. The van der Waals surface area contributed by atoms with E-state index >= 15 is 0 Å². The minimum Gasteiger partial charge on any atom is -0.307 e. The van der Waals surface area contributed by atoms with Crippen molar-refractivity contribution in [1.29, 1.82) is 0 Å². The first kappa shape index (κ1) is 16.1. The van der Waals surface area contributed by atoms with Gasteiger partial charge in [-0.1, -0.05) is 19.9 Å². The minimum absolute atomic E-state index is 0.110. The van der Waals surface area contributed by atoms with Gasteiger partial charge in [-0.2, -0.15) is 0 Å². The predicted octanol–water partition coefficient (Wildman–Crippen LogP) is 4.53. The largest absolute Gasteiger partial charge is 0.307 e. The molecule has 0 atom stereocenters. The van der Waals surface area contributed by atoms with Crippen LogP contribution in [0, 0.1) is 6.92 Å². The average Bonchev–Trinajstić information content (AvgIpc) is 2.80. The van der Waals surface area contributed by atoms with Crippen LogP contribution in [-0.4, -0.2) is 15.5 Å². The molecule has 1 N–H and O–H groups in total. The van der Waals surface area contributed by atoms with Gasteiger partial charge < -0.3 is 5.32 Å². The van der Waals surface area contributed by atoms with Crippen molar-refractivity contribution in [2.75, 3.05) is 0 Å². The molecule has 0 aromatic carbocycles. The standard InChI is InChI=1S/C17H25N3S/c1-11(2)14-13(10-19-17(4,5)6)21-16(20-14)15-12(3)8-7-9-18-15/h7-9,11,19H,10H2,1-6H3. The number of aromatic nitrogens is 2. The quantitative estimate of drug-likeness (QED) is 0.902. The summed E-state index contributed by atoms with van der Waals surface area (Å²) in [5.41, 5.74) is 3.49. The monoisotopic (exact) mass is 303 g/mol. The number of nitrogens with zero attached hydrogens (tertiary/aromatic N) is 2. The van der Waals surface area contributed by atoms with Gasteiger partial charge in [0, 0.05) is 23.2 Å². The Morgan fingerprint density at radius 1 is 1.29 bits per heavy atom. The van der Waals surface area contributed by atoms with Crippen LogP contribution in [-0.2, 0) is 6.54 Å². The molecule has 0 aliphatic carbocycles. The lowest BCUT2D eigenvalue weighted by atomic mass is 10.1. The molecule has 4 heteroatoms. The fourth-order valence-electron chi connectivity index (χ4n) is 2.10. The number of thiazole rings is 1. The second-order valence-corrected chi connectivity index (χ2v) is 7.84. The van der Waals surface area contributed by atoms with Crippen molar-refractivity contribution < 1.29 is 0 Å². The number of nitrogens with one attached hydrogen (secondary N) is 1. The van der Waals surface area contributed by atoms with Gasteiger partial charge in [0.1, 0.15) is 10.7 Å². The maximum atomic E-state index is 4.86. The highest BCUT2D eigenvalue weighted by molar-refractivity contribution is 7.15. The number of pyridine rings is 1. The van der Waals surface area contributed by atoms with Gasteiger partial charge in [0.2, 0.25) is 0 Å². The van der Waals surface area contributed by atoms with E-state index in [2.05, 4.69) is 57.9 Å². The molecule has 0 unspecified atom stereocenters. The molecule has 0 radical (unpaired) electrons. The molecular weight excluding hydrogens is 278 g/mol. The molecule has 0 bridgehead atoms. The molecule has 2 heterocycles. The van der Waals surface area contributed by atoms with Crippen molar-refractivity contribution in [2.24, 2.45) is 0 Å². The molecule has 2 aromatic heterocycles. The molecular formula is C17H25N3S. The van der Waals surface area contributed by atoms with Crippen molar-refractivity contribution in [3.63, 3.8) is 0 Å². The molecule has 21 heavy (non-hydrogen) atoms. The van der Waals surface area contributed by atoms with Crippen molar-refractivity contribution in [3.8, 4) is 10.7 Å². The van der Waals surface area contributed by atoms with Crippen LogP contribution in [0.5, 0.6) is 0 Å². The number of rotatable bonds is 4. The molecule has 2 rings (SSSR count). The Kier molecular flexibility index (Phi) is 4.79. The highest BCUT2D eigenvalue weighted by Gasteiger charge is 2.18. The summed E-state index contributed by atoms with van der Waals surface area (Å²) in [4.78, 5) is 10.7. The van der Waals surface area contributed by atoms with Gasteiger partial charge in [-0.25, -0.2) is 4.98 Å². The maximum absolute atomic E-state index is 4.86. The molecule has 0 saturated heterocycles. The highest BCUT2D eigenvalue weighted by Crippen LogP contribution is 2.32. The van der Waals surface area contributed by atoms with Gasteiger partial charge in [-0.15, -0.1) is 11.3 Å². The molecule has 0 aliphatic rings. The molecule has 0 aliphatic heterocycles. The molecule has 0 amide bonds. The summed E-state index contributed by atoms with van der Waals surface area (Å²) in [6.07, 6.45) is 1.84. The first-order valence-corrected chi connectivity index (χ1v) is 8.26. The van der Waals surface area contributed by atoms with E-state index in [0.29, 0.717) is 5.92 Å². The number of hydrogen-bond donors (Lipinski definition) is 1. The fraction of sp³-hybridized carbons (Fsp3) is 0.529. The second kappa shape index (κ2) is 6.24. The lowest BCUT2D eigenvalue weighted by Gasteiger charge is -2.20. The van der Waals surface area contributed by atoms with E-state index in [1.54, 1.807) is 11.3 Å². The van der Waals surface area contributed by atoms with Crippen molar-refractivity contribution in [3.05, 3.63) is 34.5 Å². The zero-order chi connectivity index (χ0) is 15.6. The minimum atomic E-state index is 0.110. The van der Waals surface area contributed by atoms with Crippen LogP contribution in [0.3, 0.4) is 0 Å². The normalized spacial score (nSPS) is 12.1. The van der Waals surface area contributed by atoms with Gasteiger partial charge in [-0.05, 0) is 45.2 Å². The molecule has 114 valence electrons. The summed E-state index contributed by atoms with van der Waals surface area (Å²) in [6, 6.07) is 4.06. The van der Waals surface area contributed by atoms with Crippen LogP contribution in [0.25, 0.3) is 10.7 Å². The van der Waals surface area contributed by atoms with E-state index in [4.69, 9.17) is 4.98 Å². The molecule has 0 fully saturated rings. The third-order valence-electron chi connectivity index (χ3n) is 3.27. The summed E-state index contributed by atoms with van der Waals surface area (Å²) in [5, 5.41) is 4.59. The first-order chi connectivity index (χ1) is 9.78. The Bertz CT molecular complexity index is 609. The zero-order valence-electron chi connectivity index (χ0n) is 13.8. The third-order valence-corrected chi connectivity index (χ3v) is 4.34. The number of aryl methyl sites for hydroxylation is 1. The van der Waals surface area contributed by atoms with Crippen molar-refractivity contribution in [1.82, 2.24) is 15.3 Å². The van der Waals surface area contributed by atoms with Crippen molar-refractivity contribution >= 4 is 11.3 Å². The van der Waals surface area contributed by atoms with E-state index in [1.807, 2.05) is 12.3 Å². The molecule has 0 spiro atoms. The van der Waals surface area contributed by atoms with Crippen molar-refractivity contribution in [2.45, 2.75) is 59.5 Å². The van der Waals surface area contributed by atoms with E-state index < -0.39 is 0 Å². The van der Waals surface area contributed by atoms with Gasteiger partial charge in [0.25, 0.3) is 0 Å². The Labute approximate surface area is 131 Å². The summed E-state index contributed by atoms with van der Waals surface area (Å²) >= 11 is 1.76. The summed E-state index contributed by atoms with van der Waals surface area (Å²) in [6.45, 7) is 13.9. The maximum Gasteiger partial charge on any atom is 0.142 e. The highest BCUT2D eigenvalue weighted by atomic mass is 32.1. The average molecular weight is 303 g/mol. The summed E-state index contributed by atoms with van der Waals surface area (Å²) < 4.78 is 0. The van der Waals surface area contributed by atoms with E-state index in [-0.39, 0.29) is 5.54 Å². The van der Waals surface area contributed by atoms with E-state index in [9.17, 15) is 0 Å². The molecule has 0 saturated carbocycles. The summed E-state index contributed by atoms with van der Waals surface area (Å²) in [7, 11) is 0. The van der Waals surface area contributed by atoms with E-state index in [1.165, 1.54) is 16.1 Å². The van der Waals surface area contributed by atoms with Crippen LogP contribution in [0.1, 0.15) is 56.7 Å². The summed E-state index contributed by atoms with van der Waals surface area (Å²) in [5.74, 6) is 0.427. The Morgan fingerprint density at radius 3 is 2.57 bits per heavy atom. The topological polar surface area (TPSA) is 37.8 Å². The van der Waals surface area contributed by atoms with Gasteiger partial charge >= 0.3 is 0 Å². The van der Waals surface area contributed by atoms with Gasteiger partial charge in [-0.3, -0.25) is 4.98 Å². The fourth-order valence-corrected chi connectivity index (χ4v) is 3.32. The Balaban J connectivity index is 2.36.